The minimum Gasteiger partial charge on any atom is -0.378 e. The zero-order valence-electron chi connectivity index (χ0n) is 11.6. The fraction of sp³-hybridized carbons (Fsp3) is 0.500. The van der Waals surface area contributed by atoms with Crippen molar-refractivity contribution in [3.8, 4) is 0 Å². The Hall–Kier alpha value is -0.900. The smallest absolute Gasteiger partial charge is 0.0619 e. The van der Waals surface area contributed by atoms with Gasteiger partial charge < -0.3 is 10.1 Å². The summed E-state index contributed by atoms with van der Waals surface area (Å²) < 4.78 is 7.25. The molecule has 0 radical (unpaired) electrons. The largest absolute Gasteiger partial charge is 0.378 e. The molecule has 102 valence electrons. The van der Waals surface area contributed by atoms with Crippen molar-refractivity contribution >= 4 is 21.4 Å². The Kier molecular flexibility index (Phi) is 3.87. The average molecular weight is 275 g/mol. The highest BCUT2D eigenvalue weighted by Gasteiger charge is 2.34. The first kappa shape index (κ1) is 13.1. The van der Waals surface area contributed by atoms with Gasteiger partial charge in [0.1, 0.15) is 0 Å². The van der Waals surface area contributed by atoms with E-state index >= 15 is 0 Å². The number of fused-ring (bicyclic) bond motifs is 1. The summed E-state index contributed by atoms with van der Waals surface area (Å²) in [5.74, 6) is 0.591. The van der Waals surface area contributed by atoms with Gasteiger partial charge in [0.2, 0.25) is 0 Å². The third-order valence-electron chi connectivity index (χ3n) is 4.25. The molecule has 2 heterocycles. The monoisotopic (exact) mass is 275 g/mol. The van der Waals surface area contributed by atoms with Crippen molar-refractivity contribution in [2.24, 2.45) is 5.92 Å². The lowest BCUT2D eigenvalue weighted by atomic mass is 9.86. The first-order chi connectivity index (χ1) is 9.35. The van der Waals surface area contributed by atoms with Crippen LogP contribution in [-0.4, -0.2) is 19.8 Å². The van der Waals surface area contributed by atoms with Crippen LogP contribution in [0.15, 0.2) is 29.6 Å². The van der Waals surface area contributed by atoms with Crippen LogP contribution < -0.4 is 5.32 Å². The SMILES string of the molecule is CCC1OCCC1C(NC)c1csc2ccccc12. The fourth-order valence-corrected chi connectivity index (χ4v) is 4.30. The molecule has 3 heteroatoms. The summed E-state index contributed by atoms with van der Waals surface area (Å²) in [6.07, 6.45) is 2.66. The summed E-state index contributed by atoms with van der Waals surface area (Å²) in [6, 6.07) is 9.10. The summed E-state index contributed by atoms with van der Waals surface area (Å²) in [4.78, 5) is 0. The molecular weight excluding hydrogens is 254 g/mol. The molecule has 1 aliphatic heterocycles. The Balaban J connectivity index is 1.98. The lowest BCUT2D eigenvalue weighted by Crippen LogP contribution is -2.30. The second-order valence-corrected chi connectivity index (χ2v) is 6.13. The molecule has 3 rings (SSSR count). The van der Waals surface area contributed by atoms with Gasteiger partial charge in [-0.2, -0.15) is 0 Å². The molecule has 0 aliphatic carbocycles. The van der Waals surface area contributed by atoms with Gasteiger partial charge in [-0.05, 0) is 42.3 Å². The van der Waals surface area contributed by atoms with Crippen molar-refractivity contribution in [3.63, 3.8) is 0 Å². The molecule has 0 bridgehead atoms. The topological polar surface area (TPSA) is 21.3 Å². The maximum Gasteiger partial charge on any atom is 0.0619 e. The first-order valence-electron chi connectivity index (χ1n) is 7.10. The van der Waals surface area contributed by atoms with Gasteiger partial charge in [-0.3, -0.25) is 0 Å². The van der Waals surface area contributed by atoms with Gasteiger partial charge in [-0.15, -0.1) is 11.3 Å². The third kappa shape index (κ3) is 2.31. The molecule has 1 aliphatic rings. The van der Waals surface area contributed by atoms with Gasteiger partial charge in [-0.1, -0.05) is 25.1 Å². The third-order valence-corrected chi connectivity index (χ3v) is 5.23. The van der Waals surface area contributed by atoms with E-state index in [9.17, 15) is 0 Å². The van der Waals surface area contributed by atoms with Gasteiger partial charge >= 0.3 is 0 Å². The quantitative estimate of drug-likeness (QED) is 0.911. The van der Waals surface area contributed by atoms with E-state index < -0.39 is 0 Å². The number of hydrogen-bond donors (Lipinski definition) is 1. The highest BCUT2D eigenvalue weighted by atomic mass is 32.1. The van der Waals surface area contributed by atoms with Crippen molar-refractivity contribution in [2.75, 3.05) is 13.7 Å². The molecule has 0 saturated carbocycles. The minimum atomic E-state index is 0.399. The van der Waals surface area contributed by atoms with Crippen molar-refractivity contribution in [1.29, 1.82) is 0 Å². The lowest BCUT2D eigenvalue weighted by Gasteiger charge is -2.26. The molecule has 3 unspecified atom stereocenters. The Bertz CT molecular complexity index is 550. The molecule has 1 fully saturated rings. The number of ether oxygens (including phenoxy) is 1. The summed E-state index contributed by atoms with van der Waals surface area (Å²) >= 11 is 1.84. The van der Waals surface area contributed by atoms with E-state index in [0.717, 1.165) is 19.4 Å². The zero-order chi connectivity index (χ0) is 13.2. The fourth-order valence-electron chi connectivity index (χ4n) is 3.31. The predicted molar refractivity (Wildman–Crippen MR) is 81.8 cm³/mol. The molecule has 1 N–H and O–H groups in total. The highest BCUT2D eigenvalue weighted by molar-refractivity contribution is 7.17. The van der Waals surface area contributed by atoms with Crippen molar-refractivity contribution in [1.82, 2.24) is 5.32 Å². The molecule has 1 aromatic carbocycles. The maximum absolute atomic E-state index is 5.87. The van der Waals surface area contributed by atoms with Gasteiger partial charge in [-0.25, -0.2) is 0 Å². The van der Waals surface area contributed by atoms with E-state index in [0.29, 0.717) is 18.1 Å². The highest BCUT2D eigenvalue weighted by Crippen LogP contribution is 2.39. The van der Waals surface area contributed by atoms with Crippen LogP contribution in [0.2, 0.25) is 0 Å². The van der Waals surface area contributed by atoms with Crippen molar-refractivity contribution in [2.45, 2.75) is 31.9 Å². The van der Waals surface area contributed by atoms with Crippen LogP contribution in [-0.2, 0) is 4.74 Å². The summed E-state index contributed by atoms with van der Waals surface area (Å²) in [7, 11) is 2.07. The predicted octanol–water partition coefficient (Wildman–Crippen LogP) is 3.98. The lowest BCUT2D eigenvalue weighted by molar-refractivity contribution is 0.0784. The molecule has 2 aromatic rings. The van der Waals surface area contributed by atoms with Crippen LogP contribution in [0.3, 0.4) is 0 Å². The van der Waals surface area contributed by atoms with E-state index in [-0.39, 0.29) is 0 Å². The Morgan fingerprint density at radius 1 is 1.42 bits per heavy atom. The number of thiophene rings is 1. The van der Waals surface area contributed by atoms with Crippen LogP contribution in [0.1, 0.15) is 31.4 Å². The van der Waals surface area contributed by atoms with Gasteiger partial charge in [0.15, 0.2) is 0 Å². The van der Waals surface area contributed by atoms with Crippen LogP contribution >= 0.6 is 11.3 Å². The molecule has 0 amide bonds. The van der Waals surface area contributed by atoms with E-state index in [1.165, 1.54) is 15.6 Å². The Morgan fingerprint density at radius 3 is 3.05 bits per heavy atom. The van der Waals surface area contributed by atoms with E-state index in [4.69, 9.17) is 4.74 Å². The molecule has 1 aromatic heterocycles. The zero-order valence-corrected chi connectivity index (χ0v) is 12.4. The first-order valence-corrected chi connectivity index (χ1v) is 7.98. The Morgan fingerprint density at radius 2 is 2.26 bits per heavy atom. The van der Waals surface area contributed by atoms with E-state index in [1.54, 1.807) is 0 Å². The molecular formula is C16H21NOS. The second-order valence-electron chi connectivity index (χ2n) is 5.22. The van der Waals surface area contributed by atoms with Crippen LogP contribution in [0.5, 0.6) is 0 Å². The standard InChI is InChI=1S/C16H21NOS/c1-3-14-12(8-9-18-14)16(17-2)13-10-19-15-7-5-4-6-11(13)15/h4-7,10,12,14,16-17H,3,8-9H2,1-2H3. The van der Waals surface area contributed by atoms with Gasteiger partial charge in [0.05, 0.1) is 6.10 Å². The number of rotatable bonds is 4. The molecule has 0 spiro atoms. The van der Waals surface area contributed by atoms with Crippen molar-refractivity contribution < 1.29 is 4.74 Å². The number of hydrogen-bond acceptors (Lipinski definition) is 3. The van der Waals surface area contributed by atoms with Gasteiger partial charge in [0, 0.05) is 23.3 Å². The van der Waals surface area contributed by atoms with Gasteiger partial charge in [0.25, 0.3) is 0 Å². The van der Waals surface area contributed by atoms with E-state index in [1.807, 2.05) is 11.3 Å². The van der Waals surface area contributed by atoms with Crippen molar-refractivity contribution in [3.05, 3.63) is 35.2 Å². The molecule has 1 saturated heterocycles. The van der Waals surface area contributed by atoms with Crippen LogP contribution in [0.25, 0.3) is 10.1 Å². The second kappa shape index (κ2) is 5.61. The van der Waals surface area contributed by atoms with E-state index in [2.05, 4.69) is 48.9 Å². The summed E-state index contributed by atoms with van der Waals surface area (Å²) in [6.45, 7) is 3.13. The molecule has 19 heavy (non-hydrogen) atoms. The Labute approximate surface area is 118 Å². The van der Waals surface area contributed by atoms with Crippen LogP contribution in [0, 0.1) is 5.92 Å². The van der Waals surface area contributed by atoms with Crippen LogP contribution in [0.4, 0.5) is 0 Å². The summed E-state index contributed by atoms with van der Waals surface area (Å²) in [5, 5.41) is 7.24. The average Bonchev–Trinajstić information content (AvgIpc) is 3.07. The molecule has 3 atom stereocenters. The minimum absolute atomic E-state index is 0.399. The number of benzene rings is 1. The maximum atomic E-state index is 5.87. The summed E-state index contributed by atoms with van der Waals surface area (Å²) in [5.41, 5.74) is 1.44. The molecule has 2 nitrogen and oxygen atoms in total. The normalized spacial score (nSPS) is 24.9. The number of nitrogens with one attached hydrogen (secondary N) is 1.